The van der Waals surface area contributed by atoms with Crippen molar-refractivity contribution in [3.05, 3.63) is 20.8 Å². The first kappa shape index (κ1) is 13.5. The maximum Gasteiger partial charge on any atom is 0.0701 e. The number of nitrogens with zero attached hydrogens (tertiary/aromatic N) is 1. The third-order valence-electron chi connectivity index (χ3n) is 4.02. The van der Waals surface area contributed by atoms with Gasteiger partial charge in [-0.1, -0.05) is 6.92 Å². The first-order valence-electron chi connectivity index (χ1n) is 6.33. The zero-order valence-electron chi connectivity index (χ0n) is 10.5. The molecule has 1 aliphatic heterocycles. The molecule has 0 aromatic carbocycles. The van der Waals surface area contributed by atoms with Crippen LogP contribution in [-0.2, 0) is 0 Å². The Morgan fingerprint density at radius 1 is 1.59 bits per heavy atom. The lowest BCUT2D eigenvalue weighted by atomic mass is 9.90. The zero-order chi connectivity index (χ0) is 12.4. The van der Waals surface area contributed by atoms with E-state index in [0.717, 1.165) is 5.92 Å². The van der Waals surface area contributed by atoms with E-state index in [1.165, 1.54) is 28.7 Å². The van der Waals surface area contributed by atoms with Crippen molar-refractivity contribution in [1.82, 2.24) is 4.90 Å². The Morgan fingerprint density at radius 2 is 2.35 bits per heavy atom. The lowest BCUT2D eigenvalue weighted by Crippen LogP contribution is -2.46. The SMILES string of the molecule is CC1CCCN(C(CN)c2csc(Br)c2)C1C. The highest BCUT2D eigenvalue weighted by Crippen LogP contribution is 2.33. The van der Waals surface area contributed by atoms with Crippen LogP contribution in [0.3, 0.4) is 0 Å². The molecule has 2 rings (SSSR count). The maximum absolute atomic E-state index is 6.00. The van der Waals surface area contributed by atoms with Crippen molar-refractivity contribution in [2.75, 3.05) is 13.1 Å². The van der Waals surface area contributed by atoms with Gasteiger partial charge >= 0.3 is 0 Å². The molecule has 1 saturated heterocycles. The number of rotatable bonds is 3. The van der Waals surface area contributed by atoms with Crippen LogP contribution in [0.5, 0.6) is 0 Å². The second-order valence-electron chi connectivity index (χ2n) is 5.03. The Morgan fingerprint density at radius 3 is 2.94 bits per heavy atom. The molecule has 0 saturated carbocycles. The lowest BCUT2D eigenvalue weighted by Gasteiger charge is -2.42. The van der Waals surface area contributed by atoms with Gasteiger partial charge in [-0.15, -0.1) is 11.3 Å². The molecule has 1 aliphatic rings. The molecule has 2 N–H and O–H groups in total. The molecule has 0 amide bonds. The Kier molecular flexibility index (Phi) is 4.64. The smallest absolute Gasteiger partial charge is 0.0701 e. The maximum atomic E-state index is 6.00. The van der Waals surface area contributed by atoms with Gasteiger partial charge in [-0.25, -0.2) is 0 Å². The van der Waals surface area contributed by atoms with Crippen molar-refractivity contribution in [1.29, 1.82) is 0 Å². The number of likely N-dealkylation sites (tertiary alicyclic amines) is 1. The van der Waals surface area contributed by atoms with Crippen LogP contribution in [0, 0.1) is 5.92 Å². The van der Waals surface area contributed by atoms with Crippen LogP contribution in [0.4, 0.5) is 0 Å². The van der Waals surface area contributed by atoms with Crippen LogP contribution >= 0.6 is 27.3 Å². The minimum atomic E-state index is 0.385. The second-order valence-corrected chi connectivity index (χ2v) is 7.32. The van der Waals surface area contributed by atoms with Gasteiger partial charge in [0.1, 0.15) is 0 Å². The summed E-state index contributed by atoms with van der Waals surface area (Å²) in [5.41, 5.74) is 7.37. The fourth-order valence-electron chi connectivity index (χ4n) is 2.77. The zero-order valence-corrected chi connectivity index (χ0v) is 12.9. The molecule has 17 heavy (non-hydrogen) atoms. The predicted molar refractivity (Wildman–Crippen MR) is 78.4 cm³/mol. The van der Waals surface area contributed by atoms with Crippen LogP contribution in [0.15, 0.2) is 15.2 Å². The van der Waals surface area contributed by atoms with Gasteiger partial charge in [-0.2, -0.15) is 0 Å². The van der Waals surface area contributed by atoms with Crippen LogP contribution in [0.1, 0.15) is 38.3 Å². The number of halogens is 1. The highest BCUT2D eigenvalue weighted by Gasteiger charge is 2.30. The van der Waals surface area contributed by atoms with E-state index in [1.807, 2.05) is 0 Å². The fourth-order valence-corrected chi connectivity index (χ4v) is 3.99. The summed E-state index contributed by atoms with van der Waals surface area (Å²) < 4.78 is 1.20. The minimum Gasteiger partial charge on any atom is -0.329 e. The summed E-state index contributed by atoms with van der Waals surface area (Å²) in [6, 6.07) is 3.24. The molecule has 3 atom stereocenters. The average molecular weight is 317 g/mol. The molecular formula is C13H21BrN2S. The van der Waals surface area contributed by atoms with Crippen molar-refractivity contribution < 1.29 is 0 Å². The summed E-state index contributed by atoms with van der Waals surface area (Å²) in [7, 11) is 0. The molecule has 4 heteroatoms. The number of hydrogen-bond acceptors (Lipinski definition) is 3. The summed E-state index contributed by atoms with van der Waals surface area (Å²) in [5, 5.41) is 2.23. The van der Waals surface area contributed by atoms with E-state index in [0.29, 0.717) is 18.6 Å². The monoisotopic (exact) mass is 316 g/mol. The van der Waals surface area contributed by atoms with Gasteiger partial charge < -0.3 is 5.73 Å². The first-order chi connectivity index (χ1) is 8.13. The molecule has 0 radical (unpaired) electrons. The Hall–Kier alpha value is 0.100. The van der Waals surface area contributed by atoms with E-state index in [-0.39, 0.29) is 0 Å². The lowest BCUT2D eigenvalue weighted by molar-refractivity contribution is 0.0711. The van der Waals surface area contributed by atoms with Crippen LogP contribution < -0.4 is 5.73 Å². The molecule has 0 spiro atoms. The summed E-state index contributed by atoms with van der Waals surface area (Å²) in [4.78, 5) is 2.59. The van der Waals surface area contributed by atoms with Gasteiger partial charge in [0, 0.05) is 18.6 Å². The topological polar surface area (TPSA) is 29.3 Å². The van der Waals surface area contributed by atoms with E-state index < -0.39 is 0 Å². The van der Waals surface area contributed by atoms with Crippen molar-refractivity contribution in [2.45, 2.75) is 38.8 Å². The van der Waals surface area contributed by atoms with Crippen molar-refractivity contribution in [3.63, 3.8) is 0 Å². The third-order valence-corrected chi connectivity index (χ3v) is 5.54. The van der Waals surface area contributed by atoms with Crippen LogP contribution in [0.25, 0.3) is 0 Å². The number of nitrogens with two attached hydrogens (primary N) is 1. The van der Waals surface area contributed by atoms with Crippen molar-refractivity contribution in [3.8, 4) is 0 Å². The average Bonchev–Trinajstić information content (AvgIpc) is 2.72. The second kappa shape index (κ2) is 5.83. The fraction of sp³-hybridized carbons (Fsp3) is 0.692. The molecular weight excluding hydrogens is 296 g/mol. The van der Waals surface area contributed by atoms with E-state index in [2.05, 4.69) is 46.1 Å². The van der Waals surface area contributed by atoms with E-state index in [9.17, 15) is 0 Å². The summed E-state index contributed by atoms with van der Waals surface area (Å²) >= 11 is 5.29. The highest BCUT2D eigenvalue weighted by molar-refractivity contribution is 9.11. The molecule has 96 valence electrons. The van der Waals surface area contributed by atoms with E-state index in [4.69, 9.17) is 5.73 Å². The summed E-state index contributed by atoms with van der Waals surface area (Å²) in [5.74, 6) is 0.778. The summed E-state index contributed by atoms with van der Waals surface area (Å²) in [6.07, 6.45) is 2.65. The van der Waals surface area contributed by atoms with Crippen molar-refractivity contribution in [2.24, 2.45) is 11.7 Å². The molecule has 2 nitrogen and oxygen atoms in total. The van der Waals surface area contributed by atoms with Crippen molar-refractivity contribution >= 4 is 27.3 Å². The van der Waals surface area contributed by atoms with Gasteiger partial charge in [0.05, 0.1) is 3.79 Å². The number of hydrogen-bond donors (Lipinski definition) is 1. The predicted octanol–water partition coefficient (Wildman–Crippen LogP) is 3.63. The molecule has 3 unspecified atom stereocenters. The Balaban J connectivity index is 2.17. The third kappa shape index (κ3) is 2.92. The van der Waals surface area contributed by atoms with E-state index in [1.54, 1.807) is 11.3 Å². The standard InChI is InChI=1S/C13H21BrN2S/c1-9-4-3-5-16(10(9)2)12(7-15)11-6-13(14)17-8-11/h6,8-10,12H,3-5,7,15H2,1-2H3. The Bertz CT molecular complexity index is 366. The first-order valence-corrected chi connectivity index (χ1v) is 8.00. The van der Waals surface area contributed by atoms with Gasteiger partial charge in [0.15, 0.2) is 0 Å². The summed E-state index contributed by atoms with van der Waals surface area (Å²) in [6.45, 7) is 6.59. The Labute approximate surface area is 116 Å². The molecule has 1 aromatic rings. The highest BCUT2D eigenvalue weighted by atomic mass is 79.9. The molecule has 2 heterocycles. The van der Waals surface area contributed by atoms with Gasteiger partial charge in [0.25, 0.3) is 0 Å². The number of piperidine rings is 1. The molecule has 0 aliphatic carbocycles. The van der Waals surface area contributed by atoms with Crippen LogP contribution in [0.2, 0.25) is 0 Å². The number of thiophene rings is 1. The van der Waals surface area contributed by atoms with E-state index >= 15 is 0 Å². The van der Waals surface area contributed by atoms with Gasteiger partial charge in [-0.05, 0) is 65.2 Å². The normalized spacial score (nSPS) is 28.2. The molecule has 1 fully saturated rings. The molecule has 0 bridgehead atoms. The van der Waals surface area contributed by atoms with Crippen LogP contribution in [-0.4, -0.2) is 24.0 Å². The molecule has 1 aromatic heterocycles. The quantitative estimate of drug-likeness (QED) is 0.922. The van der Waals surface area contributed by atoms with Gasteiger partial charge in [-0.3, -0.25) is 4.90 Å². The minimum absolute atomic E-state index is 0.385. The largest absolute Gasteiger partial charge is 0.329 e. The van der Waals surface area contributed by atoms with Gasteiger partial charge in [0.2, 0.25) is 0 Å².